The van der Waals surface area contributed by atoms with Crippen LogP contribution in [0.25, 0.3) is 0 Å². The van der Waals surface area contributed by atoms with Gasteiger partial charge in [0.05, 0.1) is 6.04 Å². The van der Waals surface area contributed by atoms with Crippen LogP contribution in [0.4, 0.5) is 0 Å². The molecule has 0 saturated carbocycles. The molecule has 0 aliphatic carbocycles. The van der Waals surface area contributed by atoms with Gasteiger partial charge < -0.3 is 10.2 Å². The maximum atomic E-state index is 11.7. The highest BCUT2D eigenvalue weighted by atomic mass is 16.2. The lowest BCUT2D eigenvalue weighted by atomic mass is 9.86. The highest BCUT2D eigenvalue weighted by Gasteiger charge is 2.35. The molecule has 1 aliphatic rings. The fourth-order valence-electron chi connectivity index (χ4n) is 1.93. The van der Waals surface area contributed by atoms with Crippen molar-refractivity contribution < 1.29 is 4.79 Å². The van der Waals surface area contributed by atoms with Gasteiger partial charge in [-0.1, -0.05) is 20.8 Å². The Kier molecular flexibility index (Phi) is 3.20. The van der Waals surface area contributed by atoms with E-state index in [-0.39, 0.29) is 17.4 Å². The monoisotopic (exact) mass is 198 g/mol. The van der Waals surface area contributed by atoms with Gasteiger partial charge in [0.1, 0.15) is 0 Å². The van der Waals surface area contributed by atoms with E-state index in [1.807, 2.05) is 14.1 Å². The second kappa shape index (κ2) is 3.89. The van der Waals surface area contributed by atoms with Crippen molar-refractivity contribution >= 4 is 5.91 Å². The van der Waals surface area contributed by atoms with E-state index >= 15 is 0 Å². The molecule has 14 heavy (non-hydrogen) atoms. The van der Waals surface area contributed by atoms with E-state index < -0.39 is 0 Å². The van der Waals surface area contributed by atoms with E-state index in [9.17, 15) is 4.79 Å². The maximum Gasteiger partial charge on any atom is 0.239 e. The second-order valence-corrected chi connectivity index (χ2v) is 5.45. The SMILES string of the molecule is CN(C)C(=O)C1CC[C@H](C(C)(C)C)N1. The minimum atomic E-state index is 0.0363. The number of amides is 1. The van der Waals surface area contributed by atoms with Gasteiger partial charge >= 0.3 is 0 Å². The quantitative estimate of drug-likeness (QED) is 0.687. The van der Waals surface area contributed by atoms with Crippen LogP contribution in [0.1, 0.15) is 33.6 Å². The summed E-state index contributed by atoms with van der Waals surface area (Å²) in [5, 5.41) is 3.42. The molecule has 82 valence electrons. The Balaban J connectivity index is 2.54. The summed E-state index contributed by atoms with van der Waals surface area (Å²) >= 11 is 0. The Morgan fingerprint density at radius 1 is 1.29 bits per heavy atom. The van der Waals surface area contributed by atoms with Crippen LogP contribution in [0.15, 0.2) is 0 Å². The largest absolute Gasteiger partial charge is 0.347 e. The summed E-state index contributed by atoms with van der Waals surface area (Å²) in [4.78, 5) is 13.4. The van der Waals surface area contributed by atoms with E-state index in [4.69, 9.17) is 0 Å². The Morgan fingerprint density at radius 3 is 2.21 bits per heavy atom. The van der Waals surface area contributed by atoms with Crippen LogP contribution in [-0.4, -0.2) is 37.0 Å². The molecule has 0 aromatic rings. The van der Waals surface area contributed by atoms with Crippen molar-refractivity contribution in [3.8, 4) is 0 Å². The fraction of sp³-hybridized carbons (Fsp3) is 0.909. The highest BCUT2D eigenvalue weighted by Crippen LogP contribution is 2.28. The molecule has 1 saturated heterocycles. The van der Waals surface area contributed by atoms with E-state index in [2.05, 4.69) is 26.1 Å². The first-order valence-corrected chi connectivity index (χ1v) is 5.29. The molecular formula is C11H22N2O. The molecule has 1 amide bonds. The molecule has 1 fully saturated rings. The van der Waals surface area contributed by atoms with Gasteiger partial charge in [0.2, 0.25) is 5.91 Å². The third-order valence-electron chi connectivity index (χ3n) is 2.93. The summed E-state index contributed by atoms with van der Waals surface area (Å²) < 4.78 is 0. The molecular weight excluding hydrogens is 176 g/mol. The summed E-state index contributed by atoms with van der Waals surface area (Å²) in [6.07, 6.45) is 2.08. The van der Waals surface area contributed by atoms with Crippen LogP contribution >= 0.6 is 0 Å². The maximum absolute atomic E-state index is 11.7. The van der Waals surface area contributed by atoms with Crippen LogP contribution in [0.5, 0.6) is 0 Å². The number of likely N-dealkylation sites (N-methyl/N-ethyl adjacent to an activating group) is 1. The molecule has 0 bridgehead atoms. The molecule has 1 unspecified atom stereocenters. The number of rotatable bonds is 1. The van der Waals surface area contributed by atoms with Crippen molar-refractivity contribution in [2.24, 2.45) is 5.41 Å². The number of nitrogens with zero attached hydrogens (tertiary/aromatic N) is 1. The molecule has 0 aromatic carbocycles. The van der Waals surface area contributed by atoms with Gasteiger partial charge in [-0.25, -0.2) is 0 Å². The standard InChI is InChI=1S/C11H22N2O/c1-11(2,3)9-7-6-8(12-9)10(14)13(4)5/h8-9,12H,6-7H2,1-5H3/t8?,9-/m1/s1. The lowest BCUT2D eigenvalue weighted by Crippen LogP contribution is -2.45. The number of hydrogen-bond donors (Lipinski definition) is 1. The van der Waals surface area contributed by atoms with Crippen LogP contribution in [0, 0.1) is 5.41 Å². The van der Waals surface area contributed by atoms with E-state index in [1.165, 1.54) is 0 Å². The normalized spacial score (nSPS) is 27.8. The minimum Gasteiger partial charge on any atom is -0.347 e. The third kappa shape index (κ3) is 2.47. The average molecular weight is 198 g/mol. The lowest BCUT2D eigenvalue weighted by Gasteiger charge is -2.28. The molecule has 1 rings (SSSR count). The highest BCUT2D eigenvalue weighted by molar-refractivity contribution is 5.81. The van der Waals surface area contributed by atoms with Gasteiger partial charge in [-0.3, -0.25) is 4.79 Å². The van der Waals surface area contributed by atoms with Crippen molar-refractivity contribution in [1.29, 1.82) is 0 Å². The summed E-state index contributed by atoms with van der Waals surface area (Å²) in [5.41, 5.74) is 0.251. The van der Waals surface area contributed by atoms with Crippen LogP contribution in [-0.2, 0) is 4.79 Å². The first-order chi connectivity index (χ1) is 6.32. The second-order valence-electron chi connectivity index (χ2n) is 5.45. The Hall–Kier alpha value is -0.570. The third-order valence-corrected chi connectivity index (χ3v) is 2.93. The van der Waals surface area contributed by atoms with Crippen LogP contribution in [0.3, 0.4) is 0 Å². The topological polar surface area (TPSA) is 32.3 Å². The van der Waals surface area contributed by atoms with Gasteiger partial charge in [-0.15, -0.1) is 0 Å². The summed E-state index contributed by atoms with van der Waals surface area (Å²) in [5.74, 6) is 0.205. The summed E-state index contributed by atoms with van der Waals surface area (Å²) in [6.45, 7) is 6.65. The van der Waals surface area contributed by atoms with Crippen molar-refractivity contribution in [3.05, 3.63) is 0 Å². The molecule has 1 aliphatic heterocycles. The number of nitrogens with one attached hydrogen (secondary N) is 1. The first-order valence-electron chi connectivity index (χ1n) is 5.29. The zero-order valence-electron chi connectivity index (χ0n) is 9.92. The molecule has 0 aromatic heterocycles. The van der Waals surface area contributed by atoms with Crippen LogP contribution in [0.2, 0.25) is 0 Å². The van der Waals surface area contributed by atoms with Gasteiger partial charge in [0.15, 0.2) is 0 Å². The van der Waals surface area contributed by atoms with Gasteiger partial charge in [-0.2, -0.15) is 0 Å². The zero-order chi connectivity index (χ0) is 10.9. The molecule has 2 atom stereocenters. The molecule has 3 heteroatoms. The van der Waals surface area contributed by atoms with Crippen molar-refractivity contribution in [2.45, 2.75) is 45.7 Å². The Morgan fingerprint density at radius 2 is 1.86 bits per heavy atom. The molecule has 1 heterocycles. The van der Waals surface area contributed by atoms with E-state index in [0.29, 0.717) is 6.04 Å². The van der Waals surface area contributed by atoms with Crippen LogP contribution < -0.4 is 5.32 Å². The molecule has 0 spiro atoms. The van der Waals surface area contributed by atoms with Gasteiger partial charge in [0, 0.05) is 20.1 Å². The number of carbonyl (C=O) groups is 1. The minimum absolute atomic E-state index is 0.0363. The predicted octanol–water partition coefficient (Wildman–Crippen LogP) is 1.24. The smallest absolute Gasteiger partial charge is 0.239 e. The predicted molar refractivity (Wildman–Crippen MR) is 58.1 cm³/mol. The van der Waals surface area contributed by atoms with Crippen molar-refractivity contribution in [1.82, 2.24) is 10.2 Å². The molecule has 1 N–H and O–H groups in total. The van der Waals surface area contributed by atoms with Crippen molar-refractivity contribution in [3.63, 3.8) is 0 Å². The van der Waals surface area contributed by atoms with Gasteiger partial charge in [-0.05, 0) is 18.3 Å². The molecule has 0 radical (unpaired) electrons. The lowest BCUT2D eigenvalue weighted by molar-refractivity contribution is -0.130. The average Bonchev–Trinajstić information content (AvgIpc) is 2.49. The van der Waals surface area contributed by atoms with Gasteiger partial charge in [0.25, 0.3) is 0 Å². The molecule has 3 nitrogen and oxygen atoms in total. The fourth-order valence-corrected chi connectivity index (χ4v) is 1.93. The van der Waals surface area contributed by atoms with Crippen molar-refractivity contribution in [2.75, 3.05) is 14.1 Å². The zero-order valence-corrected chi connectivity index (χ0v) is 9.92. The summed E-state index contributed by atoms with van der Waals surface area (Å²) in [7, 11) is 3.63. The first kappa shape index (κ1) is 11.5. The van der Waals surface area contributed by atoms with E-state index in [0.717, 1.165) is 12.8 Å². The Bertz CT molecular complexity index is 218. The summed E-state index contributed by atoms with van der Waals surface area (Å²) in [6, 6.07) is 0.505. The Labute approximate surface area is 86.9 Å². The van der Waals surface area contributed by atoms with E-state index in [1.54, 1.807) is 4.90 Å². The number of hydrogen-bond acceptors (Lipinski definition) is 2. The number of carbonyl (C=O) groups excluding carboxylic acids is 1.